The first kappa shape index (κ1) is 35.7. The first-order chi connectivity index (χ1) is 30.7. The molecule has 0 aliphatic rings. The van der Waals surface area contributed by atoms with Gasteiger partial charge in [0.25, 0.3) is 0 Å². The highest BCUT2D eigenvalue weighted by Gasteiger charge is 2.20. The van der Waals surface area contributed by atoms with Crippen molar-refractivity contribution in [3.63, 3.8) is 0 Å². The number of fused-ring (bicyclic) bond motifs is 7. The van der Waals surface area contributed by atoms with Crippen LogP contribution in [0.5, 0.6) is 0 Å². The van der Waals surface area contributed by atoms with Crippen molar-refractivity contribution in [2.24, 2.45) is 0 Å². The maximum absolute atomic E-state index is 14.6. The van der Waals surface area contributed by atoms with E-state index < -0.39 is 0 Å². The van der Waals surface area contributed by atoms with E-state index in [0.29, 0.717) is 0 Å². The summed E-state index contributed by atoms with van der Waals surface area (Å²) in [6.07, 6.45) is 0. The summed E-state index contributed by atoms with van der Waals surface area (Å²) in [6.45, 7) is 0. The predicted molar refractivity (Wildman–Crippen MR) is 257 cm³/mol. The van der Waals surface area contributed by atoms with Crippen molar-refractivity contribution in [2.45, 2.75) is 0 Å². The van der Waals surface area contributed by atoms with Crippen LogP contribution >= 0.6 is 0 Å². The average Bonchev–Trinajstić information content (AvgIpc) is 3.87. The molecule has 12 aromatic rings. The van der Waals surface area contributed by atoms with Crippen molar-refractivity contribution < 1.29 is 8.81 Å². The zero-order valence-corrected chi connectivity index (χ0v) is 33.5. The summed E-state index contributed by atoms with van der Waals surface area (Å²) in [5, 5.41) is 6.80. The van der Waals surface area contributed by atoms with Crippen LogP contribution in [0.15, 0.2) is 229 Å². The van der Waals surface area contributed by atoms with E-state index in [1.807, 2.05) is 24.3 Å². The summed E-state index contributed by atoms with van der Waals surface area (Å²) in [5.74, 6) is -0.252. The van der Waals surface area contributed by atoms with E-state index in [0.717, 1.165) is 88.8 Å². The molecule has 2 aromatic heterocycles. The van der Waals surface area contributed by atoms with Crippen LogP contribution in [-0.2, 0) is 0 Å². The van der Waals surface area contributed by atoms with Crippen LogP contribution in [0, 0.1) is 5.82 Å². The Morgan fingerprint density at radius 3 is 1.81 bits per heavy atom. The second-order valence-corrected chi connectivity index (χ2v) is 15.8. The first-order valence-corrected chi connectivity index (χ1v) is 20.9. The number of aromatic nitrogens is 1. The zero-order valence-electron chi connectivity index (χ0n) is 33.5. The number of halogens is 1. The number of rotatable bonds is 7. The van der Waals surface area contributed by atoms with E-state index >= 15 is 0 Å². The fourth-order valence-corrected chi connectivity index (χ4v) is 9.48. The Kier molecular flexibility index (Phi) is 8.36. The summed E-state index contributed by atoms with van der Waals surface area (Å²) < 4.78 is 23.5. The number of hydrogen-bond donors (Lipinski definition) is 0. The lowest BCUT2D eigenvalue weighted by molar-refractivity contribution is 0.628. The zero-order chi connectivity index (χ0) is 41.1. The monoisotopic (exact) mass is 796 g/mol. The van der Waals surface area contributed by atoms with Crippen molar-refractivity contribution in [1.82, 2.24) is 4.57 Å². The van der Waals surface area contributed by atoms with E-state index in [1.54, 1.807) is 12.1 Å². The van der Waals surface area contributed by atoms with Crippen LogP contribution in [-0.4, -0.2) is 4.57 Å². The lowest BCUT2D eigenvalue weighted by Crippen LogP contribution is -2.10. The van der Waals surface area contributed by atoms with Gasteiger partial charge >= 0.3 is 0 Å². The Morgan fingerprint density at radius 2 is 1.00 bits per heavy atom. The molecule has 0 saturated heterocycles. The molecule has 0 unspecified atom stereocenters. The van der Waals surface area contributed by atoms with Crippen molar-refractivity contribution in [2.75, 3.05) is 4.90 Å². The Bertz CT molecular complexity index is 3650. The minimum atomic E-state index is -0.252. The third-order valence-corrected chi connectivity index (χ3v) is 12.2. The molecular weight excluding hydrogens is 760 g/mol. The topological polar surface area (TPSA) is 21.3 Å². The van der Waals surface area contributed by atoms with Crippen LogP contribution in [0.2, 0.25) is 0 Å². The molecular formula is C58H37FN2O. The second kappa shape index (κ2) is 14.5. The number of benzene rings is 10. The third kappa shape index (κ3) is 5.88. The highest BCUT2D eigenvalue weighted by Crippen LogP contribution is 2.44. The molecule has 0 amide bonds. The molecule has 0 bridgehead atoms. The fraction of sp³-hybridized carbons (Fsp3) is 0. The molecule has 0 aliphatic carbocycles. The maximum atomic E-state index is 14.6. The molecule has 0 spiro atoms. The van der Waals surface area contributed by atoms with Crippen molar-refractivity contribution in [3.05, 3.63) is 230 Å². The van der Waals surface area contributed by atoms with E-state index in [2.05, 4.69) is 191 Å². The normalized spacial score (nSPS) is 11.6. The van der Waals surface area contributed by atoms with Gasteiger partial charge in [0.15, 0.2) is 0 Å². The minimum Gasteiger partial charge on any atom is -0.456 e. The van der Waals surface area contributed by atoms with Gasteiger partial charge in [0.1, 0.15) is 17.0 Å². The van der Waals surface area contributed by atoms with Crippen LogP contribution in [0.1, 0.15) is 0 Å². The Balaban J connectivity index is 1.03. The van der Waals surface area contributed by atoms with Crippen molar-refractivity contribution >= 4 is 71.6 Å². The second-order valence-electron chi connectivity index (χ2n) is 15.8. The summed E-state index contributed by atoms with van der Waals surface area (Å²) in [5.41, 5.74) is 14.4. The summed E-state index contributed by atoms with van der Waals surface area (Å²) >= 11 is 0. The van der Waals surface area contributed by atoms with Gasteiger partial charge in [0, 0.05) is 55.9 Å². The van der Waals surface area contributed by atoms with E-state index in [1.165, 1.54) is 27.9 Å². The Morgan fingerprint density at radius 1 is 0.387 bits per heavy atom. The molecule has 0 aliphatic heterocycles. The van der Waals surface area contributed by atoms with Crippen LogP contribution in [0.3, 0.4) is 0 Å². The molecule has 0 radical (unpaired) electrons. The molecule has 0 fully saturated rings. The predicted octanol–water partition coefficient (Wildman–Crippen LogP) is 16.4. The molecule has 10 aromatic carbocycles. The quantitative estimate of drug-likeness (QED) is 0.160. The molecule has 0 atom stereocenters. The lowest BCUT2D eigenvalue weighted by atomic mass is 9.91. The van der Waals surface area contributed by atoms with Gasteiger partial charge in [-0.3, -0.25) is 0 Å². The molecule has 0 N–H and O–H groups in total. The molecule has 2 heterocycles. The summed E-state index contributed by atoms with van der Waals surface area (Å²) in [4.78, 5) is 2.31. The number of para-hydroxylation sites is 4. The number of hydrogen-bond acceptors (Lipinski definition) is 2. The van der Waals surface area contributed by atoms with Gasteiger partial charge in [0.2, 0.25) is 0 Å². The largest absolute Gasteiger partial charge is 0.456 e. The highest BCUT2D eigenvalue weighted by atomic mass is 19.1. The fourth-order valence-electron chi connectivity index (χ4n) is 9.48. The number of nitrogens with zero attached hydrogens (tertiary/aromatic N) is 2. The van der Waals surface area contributed by atoms with Crippen LogP contribution in [0.25, 0.3) is 93.6 Å². The molecule has 62 heavy (non-hydrogen) atoms. The summed E-state index contributed by atoms with van der Waals surface area (Å²) in [7, 11) is 0. The Labute approximate surface area is 357 Å². The van der Waals surface area contributed by atoms with Gasteiger partial charge < -0.3 is 13.9 Å². The van der Waals surface area contributed by atoms with Crippen molar-refractivity contribution in [1.29, 1.82) is 0 Å². The Hall–Kier alpha value is -8.21. The summed E-state index contributed by atoms with van der Waals surface area (Å²) in [6, 6.07) is 77.8. The molecule has 292 valence electrons. The van der Waals surface area contributed by atoms with Gasteiger partial charge in [-0.15, -0.1) is 0 Å². The van der Waals surface area contributed by atoms with E-state index in [9.17, 15) is 4.39 Å². The van der Waals surface area contributed by atoms with Gasteiger partial charge in [0.05, 0.1) is 11.0 Å². The van der Waals surface area contributed by atoms with Gasteiger partial charge in [-0.2, -0.15) is 0 Å². The lowest BCUT2D eigenvalue weighted by Gasteiger charge is -2.26. The SMILES string of the molecule is Fc1cccc(-c2cccc3cccc(-c4cccc(N(c5ccc(-c6cccc7c8ccccc8n(-c8ccccc8)c67)cc5)c5ccc6c(c5)oc5ccccc56)c4)c23)c1. The van der Waals surface area contributed by atoms with Crippen LogP contribution in [0.4, 0.5) is 21.5 Å². The molecule has 12 rings (SSSR count). The number of anilines is 3. The first-order valence-electron chi connectivity index (χ1n) is 20.9. The molecule has 0 saturated carbocycles. The molecule has 3 nitrogen and oxygen atoms in total. The molecule has 4 heteroatoms. The van der Waals surface area contributed by atoms with Crippen molar-refractivity contribution in [3.8, 4) is 39.1 Å². The minimum absolute atomic E-state index is 0.252. The van der Waals surface area contributed by atoms with Gasteiger partial charge in [-0.1, -0.05) is 146 Å². The van der Waals surface area contributed by atoms with Gasteiger partial charge in [-0.25, -0.2) is 4.39 Å². The van der Waals surface area contributed by atoms with Gasteiger partial charge in [-0.05, 0) is 111 Å². The third-order valence-electron chi connectivity index (χ3n) is 12.2. The smallest absolute Gasteiger partial charge is 0.137 e. The van der Waals surface area contributed by atoms with E-state index in [4.69, 9.17) is 4.42 Å². The van der Waals surface area contributed by atoms with Crippen LogP contribution < -0.4 is 4.90 Å². The highest BCUT2D eigenvalue weighted by molar-refractivity contribution is 6.14. The number of furan rings is 1. The van der Waals surface area contributed by atoms with E-state index in [-0.39, 0.29) is 5.82 Å². The maximum Gasteiger partial charge on any atom is 0.137 e. The standard InChI is InChI=1S/C58H37FN2O/c59-42-17-8-15-40(35-42)47-23-10-13-39-14-11-24-48(57(39)47)41-16-9-20-45(36-41)60(46-33-34-52-51-22-5-7-28-55(51)62-56(52)37-46)44-31-29-38(30-32-44)49-25-12-26-53-50-21-4-6-27-54(50)61(58(49)53)43-18-2-1-3-19-43/h1-37H. The average molecular weight is 797 g/mol.